The Balaban J connectivity index is 1.25. The van der Waals surface area contributed by atoms with Gasteiger partial charge in [-0.3, -0.25) is 15.5 Å². The average molecular weight is 432 g/mol. The van der Waals surface area contributed by atoms with Gasteiger partial charge < -0.3 is 20.4 Å². The number of allylic oxidation sites excluding steroid dienone is 2. The van der Waals surface area contributed by atoms with Crippen LogP contribution in [0, 0.1) is 0 Å². The molecule has 1 aromatic heterocycles. The molecule has 2 amide bonds. The molecular formula is C21H33N7O3. The molecule has 2 heterocycles. The van der Waals surface area contributed by atoms with Gasteiger partial charge in [0, 0.05) is 43.9 Å². The number of hydrogen-bond acceptors (Lipinski definition) is 7. The van der Waals surface area contributed by atoms with Crippen molar-refractivity contribution in [2.45, 2.75) is 57.7 Å². The Bertz CT molecular complexity index is 821. The van der Waals surface area contributed by atoms with Crippen LogP contribution >= 0.6 is 0 Å². The van der Waals surface area contributed by atoms with Crippen LogP contribution < -0.4 is 26.8 Å². The highest BCUT2D eigenvalue weighted by Crippen LogP contribution is 2.39. The van der Waals surface area contributed by atoms with Gasteiger partial charge in [0.05, 0.1) is 11.9 Å². The Hall–Kier alpha value is -2.85. The fourth-order valence-electron chi connectivity index (χ4n) is 3.00. The monoisotopic (exact) mass is 431 g/mol. The van der Waals surface area contributed by atoms with Crippen molar-refractivity contribution in [3.05, 3.63) is 35.9 Å². The molecule has 0 bridgehead atoms. The maximum Gasteiger partial charge on any atom is 0.422 e. The van der Waals surface area contributed by atoms with Gasteiger partial charge in [0.15, 0.2) is 5.82 Å². The summed E-state index contributed by atoms with van der Waals surface area (Å²) in [6, 6.07) is 0. The summed E-state index contributed by atoms with van der Waals surface area (Å²) in [7, 11) is 0. The van der Waals surface area contributed by atoms with E-state index in [1.54, 1.807) is 20.8 Å². The van der Waals surface area contributed by atoms with Crippen LogP contribution in [0.25, 0.3) is 5.70 Å². The number of hydrazine groups is 1. The van der Waals surface area contributed by atoms with E-state index in [1.165, 1.54) is 18.5 Å². The summed E-state index contributed by atoms with van der Waals surface area (Å²) in [5.74, 6) is 1.39. The molecule has 1 aromatic rings. The highest BCUT2D eigenvalue weighted by Gasteiger charge is 2.26. The first kappa shape index (κ1) is 22.8. The van der Waals surface area contributed by atoms with E-state index in [0.29, 0.717) is 25.6 Å². The van der Waals surface area contributed by atoms with Crippen LogP contribution in [0.1, 0.15) is 57.5 Å². The number of nitrogens with zero attached hydrogens (tertiary/aromatic N) is 1. The Morgan fingerprint density at radius 2 is 2.03 bits per heavy atom. The molecule has 0 saturated heterocycles. The minimum atomic E-state index is -0.572. The Kier molecular flexibility index (Phi) is 7.69. The lowest BCUT2D eigenvalue weighted by molar-refractivity contribution is -0.121. The summed E-state index contributed by atoms with van der Waals surface area (Å²) >= 11 is 0. The molecule has 6 N–H and O–H groups in total. The Morgan fingerprint density at radius 3 is 2.77 bits per heavy atom. The molecule has 170 valence electrons. The van der Waals surface area contributed by atoms with Crippen molar-refractivity contribution in [2.24, 2.45) is 0 Å². The maximum atomic E-state index is 11.9. The summed E-state index contributed by atoms with van der Waals surface area (Å²) in [4.78, 5) is 31.2. The number of nitrogens with one attached hydrogen (secondary N) is 6. The second kappa shape index (κ2) is 10.5. The fraction of sp³-hybridized carbons (Fsp3) is 0.571. The normalized spacial score (nSPS) is 18.2. The SMILES string of the molecule is CC(C)(C)OC(=O)NNCCC(=O)NCCNC1C=CC=C(c2ncc(C3CC3)[nH]2)N1. The minimum Gasteiger partial charge on any atom is -0.443 e. The summed E-state index contributed by atoms with van der Waals surface area (Å²) < 4.78 is 5.09. The Labute approximate surface area is 182 Å². The van der Waals surface area contributed by atoms with Crippen molar-refractivity contribution in [3.8, 4) is 0 Å². The third-order valence-corrected chi connectivity index (χ3v) is 4.62. The van der Waals surface area contributed by atoms with Crippen LogP contribution in [0.2, 0.25) is 0 Å². The van der Waals surface area contributed by atoms with E-state index in [9.17, 15) is 9.59 Å². The molecule has 1 fully saturated rings. The number of H-pyrrole nitrogens is 1. The van der Waals surface area contributed by atoms with Crippen molar-refractivity contribution in [1.82, 2.24) is 36.8 Å². The van der Waals surface area contributed by atoms with Gasteiger partial charge in [-0.2, -0.15) is 0 Å². The standard InChI is InChI=1S/C21H33N7O3/c1-21(2,3)31-20(30)28-25-10-9-18(29)23-12-11-22-17-6-4-5-15(26-17)19-24-13-16(27-19)14-7-8-14/h4-6,13-14,17,22,25-26H,7-12H2,1-3H3,(H,23,29)(H,24,27)(H,28,30). The van der Waals surface area contributed by atoms with Crippen molar-refractivity contribution in [1.29, 1.82) is 0 Å². The zero-order chi connectivity index (χ0) is 22.3. The second-order valence-corrected chi connectivity index (χ2v) is 8.66. The van der Waals surface area contributed by atoms with Gasteiger partial charge in [0.2, 0.25) is 5.91 Å². The summed E-state index contributed by atoms with van der Waals surface area (Å²) in [5.41, 5.74) is 6.66. The highest BCUT2D eigenvalue weighted by molar-refractivity contribution is 5.76. The predicted octanol–water partition coefficient (Wildman–Crippen LogP) is 1.24. The van der Waals surface area contributed by atoms with Crippen LogP contribution in [0.3, 0.4) is 0 Å². The zero-order valence-electron chi connectivity index (χ0n) is 18.4. The van der Waals surface area contributed by atoms with Gasteiger partial charge in [-0.1, -0.05) is 6.08 Å². The maximum absolute atomic E-state index is 11.9. The molecule has 10 heteroatoms. The van der Waals surface area contributed by atoms with Gasteiger partial charge in [-0.15, -0.1) is 0 Å². The number of imidazole rings is 1. The van der Waals surface area contributed by atoms with Crippen LogP contribution in [-0.2, 0) is 9.53 Å². The van der Waals surface area contributed by atoms with Crippen molar-refractivity contribution in [2.75, 3.05) is 19.6 Å². The predicted molar refractivity (Wildman–Crippen MR) is 118 cm³/mol. The first-order valence-electron chi connectivity index (χ1n) is 10.7. The first-order chi connectivity index (χ1) is 14.8. The first-order valence-corrected chi connectivity index (χ1v) is 10.7. The van der Waals surface area contributed by atoms with E-state index < -0.39 is 11.7 Å². The summed E-state index contributed by atoms with van der Waals surface area (Å²) in [6.07, 6.45) is 10.0. The van der Waals surface area contributed by atoms with Gasteiger partial charge in [0.1, 0.15) is 5.60 Å². The molecule has 31 heavy (non-hydrogen) atoms. The van der Waals surface area contributed by atoms with Gasteiger partial charge >= 0.3 is 6.09 Å². The third-order valence-electron chi connectivity index (χ3n) is 4.62. The van der Waals surface area contributed by atoms with Crippen LogP contribution in [0.4, 0.5) is 4.79 Å². The lowest BCUT2D eigenvalue weighted by atomic mass is 10.2. The number of aromatic amines is 1. The van der Waals surface area contributed by atoms with E-state index in [4.69, 9.17) is 4.74 Å². The largest absolute Gasteiger partial charge is 0.443 e. The Morgan fingerprint density at radius 1 is 1.23 bits per heavy atom. The number of hydrogen-bond donors (Lipinski definition) is 6. The summed E-state index contributed by atoms with van der Waals surface area (Å²) in [6.45, 7) is 6.76. The molecule has 0 radical (unpaired) electrons. The minimum absolute atomic E-state index is 0.0360. The lowest BCUT2D eigenvalue weighted by Gasteiger charge is -2.22. The van der Waals surface area contributed by atoms with Gasteiger partial charge in [-0.05, 0) is 45.8 Å². The van der Waals surface area contributed by atoms with E-state index in [0.717, 1.165) is 11.5 Å². The molecule has 2 aliphatic rings. The van der Waals surface area contributed by atoms with Crippen molar-refractivity contribution in [3.63, 3.8) is 0 Å². The lowest BCUT2D eigenvalue weighted by Crippen LogP contribution is -2.45. The molecule has 1 aliphatic heterocycles. The molecule has 0 spiro atoms. The van der Waals surface area contributed by atoms with Crippen molar-refractivity contribution < 1.29 is 14.3 Å². The number of dihydropyridines is 1. The van der Waals surface area contributed by atoms with Gasteiger partial charge in [0.25, 0.3) is 0 Å². The number of amides is 2. The molecule has 1 unspecified atom stereocenters. The quantitative estimate of drug-likeness (QED) is 0.243. The van der Waals surface area contributed by atoms with E-state index in [-0.39, 0.29) is 18.5 Å². The van der Waals surface area contributed by atoms with Crippen LogP contribution in [0.5, 0.6) is 0 Å². The summed E-state index contributed by atoms with van der Waals surface area (Å²) in [5, 5.41) is 9.58. The smallest absolute Gasteiger partial charge is 0.422 e. The fourth-order valence-corrected chi connectivity index (χ4v) is 3.00. The van der Waals surface area contributed by atoms with E-state index in [2.05, 4.69) is 36.8 Å². The molecule has 10 nitrogen and oxygen atoms in total. The molecule has 1 saturated carbocycles. The number of carbonyl (C=O) groups excluding carboxylic acids is 2. The second-order valence-electron chi connectivity index (χ2n) is 8.66. The highest BCUT2D eigenvalue weighted by atomic mass is 16.6. The average Bonchev–Trinajstić information content (AvgIpc) is 3.44. The molecule has 1 aliphatic carbocycles. The van der Waals surface area contributed by atoms with Crippen LogP contribution in [0.15, 0.2) is 24.4 Å². The zero-order valence-corrected chi connectivity index (χ0v) is 18.4. The number of aromatic nitrogens is 2. The van der Waals surface area contributed by atoms with E-state index in [1.807, 2.05) is 24.4 Å². The number of rotatable bonds is 10. The van der Waals surface area contributed by atoms with Crippen molar-refractivity contribution >= 4 is 17.7 Å². The molecular weight excluding hydrogens is 398 g/mol. The third kappa shape index (κ3) is 8.06. The van der Waals surface area contributed by atoms with Crippen LogP contribution in [-0.4, -0.2) is 53.4 Å². The molecule has 3 rings (SSSR count). The molecule has 1 atom stereocenters. The van der Waals surface area contributed by atoms with E-state index >= 15 is 0 Å². The number of carbonyl (C=O) groups is 2. The molecule has 0 aromatic carbocycles. The number of ether oxygens (including phenoxy) is 1. The van der Waals surface area contributed by atoms with Gasteiger partial charge in [-0.25, -0.2) is 15.2 Å². The topological polar surface area (TPSA) is 132 Å².